The van der Waals surface area contributed by atoms with Gasteiger partial charge >= 0.3 is 0 Å². The van der Waals surface area contributed by atoms with Crippen LogP contribution < -0.4 is 0 Å². The summed E-state index contributed by atoms with van der Waals surface area (Å²) >= 11 is 20.0. The van der Waals surface area contributed by atoms with Crippen molar-refractivity contribution in [3.63, 3.8) is 0 Å². The largest absolute Gasteiger partial charge is 0.376 e. The zero-order valence-corrected chi connectivity index (χ0v) is 17.6. The minimum Gasteiger partial charge on any atom is -0.376 e. The molecule has 1 aromatic heterocycles. The Balaban J connectivity index is 1.57. The van der Waals surface area contributed by atoms with E-state index in [4.69, 9.17) is 39.5 Å². The fraction of sp³-hybridized carbons (Fsp3) is 0.250. The van der Waals surface area contributed by atoms with Crippen LogP contribution in [0.25, 0.3) is 0 Å². The number of ether oxygens (including phenoxy) is 1. The molecule has 3 nitrogen and oxygen atoms in total. The van der Waals surface area contributed by atoms with Crippen molar-refractivity contribution in [2.45, 2.75) is 24.2 Å². The summed E-state index contributed by atoms with van der Waals surface area (Å²) < 4.78 is 8.02. The van der Waals surface area contributed by atoms with Gasteiger partial charge in [-0.05, 0) is 35.4 Å². The smallest absolute Gasteiger partial charge is 0.0946 e. The lowest BCUT2D eigenvalue weighted by Gasteiger charge is -2.18. The van der Waals surface area contributed by atoms with Crippen LogP contribution >= 0.6 is 46.6 Å². The van der Waals surface area contributed by atoms with E-state index in [-0.39, 0.29) is 5.25 Å². The normalized spacial score (nSPS) is 12.3. The third kappa shape index (κ3) is 6.74. The van der Waals surface area contributed by atoms with Gasteiger partial charge in [-0.15, -0.1) is 11.8 Å². The molecule has 3 aromatic rings. The molecule has 0 saturated heterocycles. The van der Waals surface area contributed by atoms with Crippen LogP contribution in [0.2, 0.25) is 15.1 Å². The van der Waals surface area contributed by atoms with E-state index in [0.29, 0.717) is 23.3 Å². The Labute approximate surface area is 178 Å². The first-order valence-electron chi connectivity index (χ1n) is 8.43. The van der Waals surface area contributed by atoms with Crippen LogP contribution in [-0.4, -0.2) is 21.4 Å². The molecular formula is C20H19Cl3N2OS. The van der Waals surface area contributed by atoms with Crippen LogP contribution in [0.3, 0.4) is 0 Å². The maximum absolute atomic E-state index is 6.30. The molecule has 0 aliphatic heterocycles. The number of aromatic nitrogens is 2. The molecule has 27 heavy (non-hydrogen) atoms. The zero-order valence-electron chi connectivity index (χ0n) is 14.5. The molecule has 0 aliphatic rings. The van der Waals surface area contributed by atoms with Crippen LogP contribution in [0.1, 0.15) is 11.1 Å². The molecule has 0 aliphatic carbocycles. The van der Waals surface area contributed by atoms with E-state index in [0.717, 1.165) is 28.4 Å². The summed E-state index contributed by atoms with van der Waals surface area (Å²) in [5, 5.41) is 2.33. The van der Waals surface area contributed by atoms with Crippen LogP contribution in [-0.2, 0) is 23.6 Å². The SMILES string of the molecule is Clc1ccc(COCC(Cn2ccnc2)SCc2ccc(Cl)cc2Cl)cc1. The molecule has 1 unspecified atom stereocenters. The number of hydrogen-bond acceptors (Lipinski definition) is 3. The van der Waals surface area contributed by atoms with E-state index in [9.17, 15) is 0 Å². The third-order valence-electron chi connectivity index (χ3n) is 3.95. The van der Waals surface area contributed by atoms with Crippen molar-refractivity contribution in [1.29, 1.82) is 0 Å². The lowest BCUT2D eigenvalue weighted by Crippen LogP contribution is -2.19. The van der Waals surface area contributed by atoms with Gasteiger partial charge in [0.25, 0.3) is 0 Å². The van der Waals surface area contributed by atoms with Gasteiger partial charge in [-0.25, -0.2) is 4.98 Å². The molecule has 0 spiro atoms. The fourth-order valence-corrected chi connectivity index (χ4v) is 4.34. The standard InChI is InChI=1S/C20H19Cl3N2OS/c21-17-4-1-15(2-5-17)11-26-12-19(10-25-8-7-24-14-25)27-13-16-3-6-18(22)9-20(16)23/h1-9,14,19H,10-13H2. The summed E-state index contributed by atoms with van der Waals surface area (Å²) in [6.45, 7) is 1.99. The van der Waals surface area contributed by atoms with Gasteiger partial charge in [0.15, 0.2) is 0 Å². The minimum absolute atomic E-state index is 0.262. The predicted molar refractivity (Wildman–Crippen MR) is 115 cm³/mol. The molecule has 0 radical (unpaired) electrons. The van der Waals surface area contributed by atoms with Crippen LogP contribution in [0.4, 0.5) is 0 Å². The number of halogens is 3. The van der Waals surface area contributed by atoms with Crippen molar-refractivity contribution in [2.75, 3.05) is 6.61 Å². The maximum atomic E-state index is 6.30. The second kappa shape index (κ2) is 10.4. The molecule has 0 fully saturated rings. The number of imidazole rings is 1. The summed E-state index contributed by atoms with van der Waals surface area (Å²) in [5.74, 6) is 0.791. The highest BCUT2D eigenvalue weighted by Crippen LogP contribution is 2.27. The lowest BCUT2D eigenvalue weighted by atomic mass is 10.2. The summed E-state index contributed by atoms with van der Waals surface area (Å²) in [6.07, 6.45) is 5.57. The quantitative estimate of drug-likeness (QED) is 0.386. The summed E-state index contributed by atoms with van der Waals surface area (Å²) in [6, 6.07) is 13.3. The number of nitrogens with zero attached hydrogens (tertiary/aromatic N) is 2. The predicted octanol–water partition coefficient (Wildman–Crippen LogP) is 6.36. The minimum atomic E-state index is 0.262. The molecular weight excluding hydrogens is 423 g/mol. The number of benzene rings is 2. The highest BCUT2D eigenvalue weighted by Gasteiger charge is 2.13. The molecule has 3 rings (SSSR count). The first-order valence-corrected chi connectivity index (χ1v) is 10.6. The van der Waals surface area contributed by atoms with Crippen molar-refractivity contribution >= 4 is 46.6 Å². The van der Waals surface area contributed by atoms with Gasteiger partial charge in [0.1, 0.15) is 0 Å². The molecule has 0 amide bonds. The molecule has 0 bridgehead atoms. The molecule has 7 heteroatoms. The van der Waals surface area contributed by atoms with Crippen molar-refractivity contribution in [2.24, 2.45) is 0 Å². The molecule has 1 heterocycles. The molecule has 1 atom stereocenters. The first kappa shape index (κ1) is 20.6. The summed E-state index contributed by atoms with van der Waals surface area (Å²) in [5.41, 5.74) is 2.17. The molecule has 0 saturated carbocycles. The number of hydrogen-bond donors (Lipinski definition) is 0. The van der Waals surface area contributed by atoms with E-state index in [1.807, 2.05) is 60.7 Å². The van der Waals surface area contributed by atoms with Gasteiger partial charge in [-0.2, -0.15) is 0 Å². The van der Waals surface area contributed by atoms with Gasteiger partial charge in [0, 0.05) is 45.0 Å². The number of rotatable bonds is 9. The van der Waals surface area contributed by atoms with Crippen LogP contribution in [0.5, 0.6) is 0 Å². The Morgan fingerprint density at radius 2 is 1.81 bits per heavy atom. The Morgan fingerprint density at radius 1 is 1.04 bits per heavy atom. The van der Waals surface area contributed by atoms with Gasteiger partial charge in [0.05, 0.1) is 19.5 Å². The highest BCUT2D eigenvalue weighted by atomic mass is 35.5. The van der Waals surface area contributed by atoms with Crippen LogP contribution in [0, 0.1) is 0 Å². The van der Waals surface area contributed by atoms with Crippen molar-refractivity contribution in [3.8, 4) is 0 Å². The molecule has 2 aromatic carbocycles. The third-order valence-corrected chi connectivity index (χ3v) is 6.02. The zero-order chi connectivity index (χ0) is 19.1. The van der Waals surface area contributed by atoms with Gasteiger partial charge in [-0.3, -0.25) is 0 Å². The topological polar surface area (TPSA) is 27.1 Å². The van der Waals surface area contributed by atoms with Gasteiger partial charge in [-0.1, -0.05) is 53.0 Å². The second-order valence-electron chi connectivity index (χ2n) is 6.07. The molecule has 142 valence electrons. The van der Waals surface area contributed by atoms with Crippen molar-refractivity contribution in [1.82, 2.24) is 9.55 Å². The van der Waals surface area contributed by atoms with Crippen LogP contribution in [0.15, 0.2) is 61.2 Å². The Hall–Kier alpha value is -1.17. The Kier molecular flexibility index (Phi) is 7.92. The van der Waals surface area contributed by atoms with E-state index in [2.05, 4.69) is 9.55 Å². The van der Waals surface area contributed by atoms with E-state index in [1.165, 1.54) is 0 Å². The Bertz CT molecular complexity index is 841. The van der Waals surface area contributed by atoms with Gasteiger partial charge < -0.3 is 9.30 Å². The second-order valence-corrected chi connectivity index (χ2v) is 8.64. The van der Waals surface area contributed by atoms with Crippen molar-refractivity contribution < 1.29 is 4.74 Å². The first-order chi connectivity index (χ1) is 13.1. The van der Waals surface area contributed by atoms with E-state index in [1.54, 1.807) is 12.3 Å². The monoisotopic (exact) mass is 440 g/mol. The lowest BCUT2D eigenvalue weighted by molar-refractivity contribution is 0.119. The average molecular weight is 442 g/mol. The van der Waals surface area contributed by atoms with E-state index < -0.39 is 0 Å². The Morgan fingerprint density at radius 3 is 2.52 bits per heavy atom. The summed E-state index contributed by atoms with van der Waals surface area (Å²) in [4.78, 5) is 4.12. The van der Waals surface area contributed by atoms with E-state index >= 15 is 0 Å². The highest BCUT2D eigenvalue weighted by molar-refractivity contribution is 7.99. The van der Waals surface area contributed by atoms with Gasteiger partial charge in [0.2, 0.25) is 0 Å². The number of thioether (sulfide) groups is 1. The fourth-order valence-electron chi connectivity index (χ4n) is 2.52. The van der Waals surface area contributed by atoms with Crippen molar-refractivity contribution in [3.05, 3.63) is 87.4 Å². The maximum Gasteiger partial charge on any atom is 0.0946 e. The average Bonchev–Trinajstić information content (AvgIpc) is 3.15. The summed E-state index contributed by atoms with van der Waals surface area (Å²) in [7, 11) is 0. The molecule has 0 N–H and O–H groups in total.